The van der Waals surface area contributed by atoms with Gasteiger partial charge in [-0.1, -0.05) is 40.2 Å². The number of nitrogens with zero attached hydrogens (tertiary/aromatic N) is 2. The number of carbonyl (C=O) groups is 1. The fraction of sp³-hybridized carbons (Fsp3) is 0.125. The lowest BCUT2D eigenvalue weighted by Gasteiger charge is -2.06. The second kappa shape index (κ2) is 8.21. The van der Waals surface area contributed by atoms with Crippen molar-refractivity contribution in [3.05, 3.63) is 68.7 Å². The minimum Gasteiger partial charge on any atom is -0.477 e. The Labute approximate surface area is 146 Å². The van der Waals surface area contributed by atoms with Gasteiger partial charge in [0, 0.05) is 10.5 Å². The van der Waals surface area contributed by atoms with Gasteiger partial charge in [-0.2, -0.15) is 5.10 Å². The first-order valence-electron chi connectivity index (χ1n) is 6.92. The van der Waals surface area contributed by atoms with Crippen LogP contribution in [0, 0.1) is 10.1 Å². The van der Waals surface area contributed by atoms with E-state index in [1.165, 1.54) is 18.2 Å². The summed E-state index contributed by atoms with van der Waals surface area (Å²) >= 11 is 3.36. The molecule has 0 aliphatic rings. The number of benzene rings is 2. The number of nitrogens with one attached hydrogen (secondary N) is 1. The van der Waals surface area contributed by atoms with Crippen molar-refractivity contribution in [1.82, 2.24) is 5.43 Å². The Bertz CT molecular complexity index is 792. The quantitative estimate of drug-likeness (QED) is 0.464. The molecule has 7 nitrogen and oxygen atoms in total. The molecule has 0 aliphatic heterocycles. The van der Waals surface area contributed by atoms with Crippen LogP contribution in [0.1, 0.15) is 12.5 Å². The summed E-state index contributed by atoms with van der Waals surface area (Å²) in [5.74, 6) is -0.479. The van der Waals surface area contributed by atoms with Crippen molar-refractivity contribution in [2.45, 2.75) is 6.92 Å². The molecular weight excluding hydrogens is 378 g/mol. The molecule has 24 heavy (non-hydrogen) atoms. The van der Waals surface area contributed by atoms with E-state index < -0.39 is 10.8 Å². The molecule has 0 bridgehead atoms. The first kappa shape index (κ1) is 17.6. The van der Waals surface area contributed by atoms with Gasteiger partial charge in [-0.15, -0.1) is 0 Å². The molecule has 0 radical (unpaired) electrons. The standard InChI is InChI=1S/C16H14BrN3O4/c1-11(12-5-4-6-13(17)9-12)18-19-16(21)10-24-15-8-3-2-7-14(15)20(22)23/h2-9H,10H2,1H3,(H,19,21). The number of para-hydroxylation sites is 2. The second-order valence-corrected chi connectivity index (χ2v) is 5.67. The molecule has 1 N–H and O–H groups in total. The van der Waals surface area contributed by atoms with Crippen LogP contribution in [0.4, 0.5) is 5.69 Å². The zero-order valence-corrected chi connectivity index (χ0v) is 14.3. The molecular formula is C16H14BrN3O4. The molecule has 0 saturated heterocycles. The Morgan fingerprint density at radius 3 is 2.75 bits per heavy atom. The predicted molar refractivity (Wildman–Crippen MR) is 93.1 cm³/mol. The van der Waals surface area contributed by atoms with Crippen LogP contribution in [0.2, 0.25) is 0 Å². The van der Waals surface area contributed by atoms with Crippen LogP contribution in [0.5, 0.6) is 5.75 Å². The molecule has 0 fully saturated rings. The van der Waals surface area contributed by atoms with E-state index in [1.54, 1.807) is 13.0 Å². The molecule has 2 rings (SSSR count). The smallest absolute Gasteiger partial charge is 0.310 e. The number of nitro groups is 1. The number of ether oxygens (including phenoxy) is 1. The number of rotatable bonds is 6. The molecule has 0 spiro atoms. The summed E-state index contributed by atoms with van der Waals surface area (Å²) in [6, 6.07) is 13.3. The van der Waals surface area contributed by atoms with Crippen LogP contribution in [0.15, 0.2) is 58.1 Å². The minimum absolute atomic E-state index is 0.0327. The molecule has 8 heteroatoms. The molecule has 2 aromatic rings. The van der Waals surface area contributed by atoms with Crippen LogP contribution < -0.4 is 10.2 Å². The third-order valence-corrected chi connectivity index (χ3v) is 3.50. The highest BCUT2D eigenvalue weighted by Crippen LogP contribution is 2.25. The van der Waals surface area contributed by atoms with Crippen molar-refractivity contribution in [1.29, 1.82) is 0 Å². The number of hydrazone groups is 1. The maximum absolute atomic E-state index is 11.8. The van der Waals surface area contributed by atoms with Gasteiger partial charge in [0.15, 0.2) is 12.4 Å². The topological polar surface area (TPSA) is 93.8 Å². The molecule has 124 valence electrons. The molecule has 0 saturated carbocycles. The zero-order chi connectivity index (χ0) is 17.5. The van der Waals surface area contributed by atoms with Gasteiger partial charge in [0.05, 0.1) is 10.6 Å². The Morgan fingerprint density at radius 2 is 2.04 bits per heavy atom. The lowest BCUT2D eigenvalue weighted by molar-refractivity contribution is -0.385. The van der Waals surface area contributed by atoms with Gasteiger partial charge in [0.25, 0.3) is 5.91 Å². The van der Waals surface area contributed by atoms with Crippen LogP contribution in [-0.4, -0.2) is 23.1 Å². The highest BCUT2D eigenvalue weighted by molar-refractivity contribution is 9.10. The summed E-state index contributed by atoms with van der Waals surface area (Å²) in [6.45, 7) is 1.38. The van der Waals surface area contributed by atoms with Crippen LogP contribution in [0.25, 0.3) is 0 Å². The summed E-state index contributed by atoms with van der Waals surface area (Å²) in [5, 5.41) is 14.9. The molecule has 0 heterocycles. The number of carbonyl (C=O) groups excluding carboxylic acids is 1. The van der Waals surface area contributed by atoms with Gasteiger partial charge in [-0.05, 0) is 30.7 Å². The predicted octanol–water partition coefficient (Wildman–Crippen LogP) is 3.28. The summed E-state index contributed by atoms with van der Waals surface area (Å²) in [5.41, 5.74) is 3.63. The number of amides is 1. The van der Waals surface area contributed by atoms with Gasteiger partial charge in [0.1, 0.15) is 0 Å². The number of hydrogen-bond acceptors (Lipinski definition) is 5. The monoisotopic (exact) mass is 391 g/mol. The molecule has 1 amide bonds. The van der Waals surface area contributed by atoms with Gasteiger partial charge in [0.2, 0.25) is 0 Å². The summed E-state index contributed by atoms with van der Waals surface area (Å²) in [7, 11) is 0. The van der Waals surface area contributed by atoms with Gasteiger partial charge >= 0.3 is 5.69 Å². The van der Waals surface area contributed by atoms with Gasteiger partial charge < -0.3 is 4.74 Å². The molecule has 0 aliphatic carbocycles. The first-order valence-corrected chi connectivity index (χ1v) is 7.72. The second-order valence-electron chi connectivity index (χ2n) is 4.76. The van der Waals surface area contributed by atoms with E-state index in [9.17, 15) is 14.9 Å². The fourth-order valence-corrected chi connectivity index (χ4v) is 2.23. The van der Waals surface area contributed by atoms with E-state index in [0.29, 0.717) is 5.71 Å². The van der Waals surface area contributed by atoms with E-state index in [-0.39, 0.29) is 18.0 Å². The third-order valence-electron chi connectivity index (χ3n) is 3.01. The van der Waals surface area contributed by atoms with E-state index in [1.807, 2.05) is 24.3 Å². The minimum atomic E-state index is -0.567. The largest absolute Gasteiger partial charge is 0.477 e. The first-order chi connectivity index (χ1) is 11.5. The van der Waals surface area contributed by atoms with Gasteiger partial charge in [-0.3, -0.25) is 14.9 Å². The Balaban J connectivity index is 1.94. The highest BCUT2D eigenvalue weighted by Gasteiger charge is 2.14. The van der Waals surface area contributed by atoms with E-state index >= 15 is 0 Å². The van der Waals surface area contributed by atoms with Crippen molar-refractivity contribution >= 4 is 33.2 Å². The molecule has 0 unspecified atom stereocenters. The summed E-state index contributed by atoms with van der Waals surface area (Å²) in [6.07, 6.45) is 0. The van der Waals surface area contributed by atoms with Crippen molar-refractivity contribution in [2.24, 2.45) is 5.10 Å². The summed E-state index contributed by atoms with van der Waals surface area (Å²) < 4.78 is 6.09. The lowest BCUT2D eigenvalue weighted by Crippen LogP contribution is -2.25. The lowest BCUT2D eigenvalue weighted by atomic mass is 10.1. The molecule has 0 atom stereocenters. The number of hydrogen-bond donors (Lipinski definition) is 1. The fourth-order valence-electron chi connectivity index (χ4n) is 1.83. The Morgan fingerprint density at radius 1 is 1.29 bits per heavy atom. The van der Waals surface area contributed by atoms with Crippen molar-refractivity contribution < 1.29 is 14.5 Å². The number of halogens is 1. The van der Waals surface area contributed by atoms with Crippen LogP contribution in [-0.2, 0) is 4.79 Å². The average molecular weight is 392 g/mol. The third kappa shape index (κ3) is 4.88. The average Bonchev–Trinajstić information content (AvgIpc) is 2.58. The maximum atomic E-state index is 11.8. The van der Waals surface area contributed by atoms with Crippen molar-refractivity contribution in [3.63, 3.8) is 0 Å². The SMILES string of the molecule is CC(=NNC(=O)COc1ccccc1[N+](=O)[O-])c1cccc(Br)c1. The van der Waals surface area contributed by atoms with E-state index in [0.717, 1.165) is 10.0 Å². The maximum Gasteiger partial charge on any atom is 0.310 e. The van der Waals surface area contributed by atoms with Crippen molar-refractivity contribution in [3.8, 4) is 5.75 Å². The van der Waals surface area contributed by atoms with Crippen molar-refractivity contribution in [2.75, 3.05) is 6.61 Å². The highest BCUT2D eigenvalue weighted by atomic mass is 79.9. The van der Waals surface area contributed by atoms with Crippen LogP contribution >= 0.6 is 15.9 Å². The Kier molecular flexibility index (Phi) is 6.02. The Hall–Kier alpha value is -2.74. The summed E-state index contributed by atoms with van der Waals surface area (Å²) in [4.78, 5) is 22.1. The molecule has 0 aromatic heterocycles. The van der Waals surface area contributed by atoms with E-state index in [4.69, 9.17) is 4.74 Å². The number of nitro benzene ring substituents is 1. The normalized spacial score (nSPS) is 11.0. The van der Waals surface area contributed by atoms with Gasteiger partial charge in [-0.25, -0.2) is 5.43 Å². The van der Waals surface area contributed by atoms with E-state index in [2.05, 4.69) is 26.5 Å². The zero-order valence-electron chi connectivity index (χ0n) is 12.7. The molecule has 2 aromatic carbocycles. The van der Waals surface area contributed by atoms with Crippen LogP contribution in [0.3, 0.4) is 0 Å².